The van der Waals surface area contributed by atoms with Gasteiger partial charge in [0.15, 0.2) is 11.6 Å². The number of hydrogen-bond acceptors (Lipinski definition) is 3. The molecule has 1 atom stereocenters. The van der Waals surface area contributed by atoms with Gasteiger partial charge in [-0.2, -0.15) is 10.2 Å². The van der Waals surface area contributed by atoms with Crippen LogP contribution in [0.5, 0.6) is 0 Å². The normalized spacial score (nSPS) is 16.7. The average molecular weight is 340 g/mol. The van der Waals surface area contributed by atoms with Crippen LogP contribution in [0.2, 0.25) is 0 Å². The first-order valence-electron chi connectivity index (χ1n) is 9.28. The van der Waals surface area contributed by atoms with E-state index in [1.165, 1.54) is 12.8 Å². The smallest absolute Gasteiger partial charge is 0.164 e. The van der Waals surface area contributed by atoms with E-state index in [0.717, 1.165) is 41.6 Å². The molecule has 3 heterocycles. The van der Waals surface area contributed by atoms with Crippen LogP contribution in [0.1, 0.15) is 58.8 Å². The molecular weight excluding hydrogens is 312 g/mol. The van der Waals surface area contributed by atoms with Crippen molar-refractivity contribution in [3.8, 4) is 11.4 Å². The van der Waals surface area contributed by atoms with E-state index in [2.05, 4.69) is 42.0 Å². The Labute approximate surface area is 148 Å². The minimum Gasteiger partial charge on any atom is -0.334 e. The summed E-state index contributed by atoms with van der Waals surface area (Å²) in [6.07, 6.45) is 10.5. The van der Waals surface area contributed by atoms with Gasteiger partial charge in [-0.05, 0) is 37.5 Å². The summed E-state index contributed by atoms with van der Waals surface area (Å²) in [6.45, 7) is 9.07. The van der Waals surface area contributed by atoms with Crippen molar-refractivity contribution in [2.45, 2.75) is 59.4 Å². The molecule has 4 rings (SSSR count). The Morgan fingerprint density at radius 1 is 1.24 bits per heavy atom. The van der Waals surface area contributed by atoms with Crippen molar-refractivity contribution in [2.24, 2.45) is 18.4 Å². The second-order valence-corrected chi connectivity index (χ2v) is 8.67. The van der Waals surface area contributed by atoms with Crippen LogP contribution in [0, 0.1) is 11.3 Å². The summed E-state index contributed by atoms with van der Waals surface area (Å²) in [6, 6.07) is 0.390. The number of fused-ring (bicyclic) bond motifs is 1. The fraction of sp³-hybridized carbons (Fsp3) is 0.632. The van der Waals surface area contributed by atoms with Gasteiger partial charge in [-0.25, -0.2) is 14.2 Å². The molecule has 1 aliphatic carbocycles. The Bertz CT molecular complexity index is 887. The lowest BCUT2D eigenvalue weighted by molar-refractivity contribution is 0.372. The van der Waals surface area contributed by atoms with Gasteiger partial charge in [0.2, 0.25) is 0 Å². The van der Waals surface area contributed by atoms with E-state index in [4.69, 9.17) is 10.1 Å². The van der Waals surface area contributed by atoms with Crippen molar-refractivity contribution in [1.82, 2.24) is 28.9 Å². The highest BCUT2D eigenvalue weighted by Gasteiger charge is 2.32. The molecule has 134 valence electrons. The van der Waals surface area contributed by atoms with Crippen molar-refractivity contribution < 1.29 is 0 Å². The van der Waals surface area contributed by atoms with E-state index in [9.17, 15) is 0 Å². The molecule has 0 radical (unpaired) electrons. The molecule has 3 aromatic heterocycles. The molecule has 25 heavy (non-hydrogen) atoms. The summed E-state index contributed by atoms with van der Waals surface area (Å²) >= 11 is 0. The molecule has 0 amide bonds. The minimum atomic E-state index is 0.289. The van der Waals surface area contributed by atoms with Crippen LogP contribution >= 0.6 is 0 Å². The third-order valence-electron chi connectivity index (χ3n) is 5.24. The molecule has 1 unspecified atom stereocenters. The van der Waals surface area contributed by atoms with Gasteiger partial charge in [0.05, 0.1) is 17.8 Å². The largest absolute Gasteiger partial charge is 0.334 e. The van der Waals surface area contributed by atoms with E-state index >= 15 is 0 Å². The van der Waals surface area contributed by atoms with Gasteiger partial charge in [-0.3, -0.25) is 0 Å². The van der Waals surface area contributed by atoms with E-state index in [1.54, 1.807) is 0 Å². The van der Waals surface area contributed by atoms with Crippen molar-refractivity contribution in [1.29, 1.82) is 0 Å². The standard InChI is InChI=1S/C19H28N6/c1-13(14-6-7-14)25-17(21-16(22-25)8-9-19(2,3)4)15-12-20-24-11-10-23(5)18(15)24/h10-14H,6-9H2,1-5H3. The maximum absolute atomic E-state index is 4.94. The van der Waals surface area contributed by atoms with Crippen LogP contribution in [0.25, 0.3) is 17.0 Å². The quantitative estimate of drug-likeness (QED) is 0.708. The third-order valence-corrected chi connectivity index (χ3v) is 5.24. The molecule has 3 aromatic rings. The first-order valence-corrected chi connectivity index (χ1v) is 9.28. The summed E-state index contributed by atoms with van der Waals surface area (Å²) in [4.78, 5) is 4.94. The number of imidazole rings is 1. The lowest BCUT2D eigenvalue weighted by atomic mass is 9.90. The molecular formula is C19H28N6. The van der Waals surface area contributed by atoms with Crippen molar-refractivity contribution >= 4 is 5.65 Å². The molecule has 1 fully saturated rings. The van der Waals surface area contributed by atoms with Crippen LogP contribution < -0.4 is 0 Å². The summed E-state index contributed by atoms with van der Waals surface area (Å²) in [7, 11) is 2.05. The first kappa shape index (κ1) is 16.4. The van der Waals surface area contributed by atoms with Gasteiger partial charge in [-0.15, -0.1) is 0 Å². The van der Waals surface area contributed by atoms with Gasteiger partial charge >= 0.3 is 0 Å². The Hall–Kier alpha value is -2.11. The molecule has 0 aliphatic heterocycles. The Morgan fingerprint density at radius 2 is 2.00 bits per heavy atom. The highest BCUT2D eigenvalue weighted by atomic mass is 15.4. The predicted octanol–water partition coefficient (Wildman–Crippen LogP) is 3.88. The van der Waals surface area contributed by atoms with Gasteiger partial charge in [-0.1, -0.05) is 20.8 Å². The minimum absolute atomic E-state index is 0.289. The van der Waals surface area contributed by atoms with Gasteiger partial charge < -0.3 is 4.57 Å². The summed E-state index contributed by atoms with van der Waals surface area (Å²) < 4.78 is 6.16. The van der Waals surface area contributed by atoms with Crippen molar-refractivity contribution in [2.75, 3.05) is 0 Å². The molecule has 0 N–H and O–H groups in total. The number of aromatic nitrogens is 6. The maximum Gasteiger partial charge on any atom is 0.164 e. The first-order chi connectivity index (χ1) is 11.8. The number of hydrogen-bond donors (Lipinski definition) is 0. The molecule has 6 nitrogen and oxygen atoms in total. The van der Waals surface area contributed by atoms with Crippen LogP contribution in [0.15, 0.2) is 18.6 Å². The van der Waals surface area contributed by atoms with E-state index in [0.29, 0.717) is 6.04 Å². The molecule has 0 spiro atoms. The summed E-state index contributed by atoms with van der Waals surface area (Å²) in [5.74, 6) is 2.64. The highest BCUT2D eigenvalue weighted by Crippen LogP contribution is 2.41. The third kappa shape index (κ3) is 3.10. The second-order valence-electron chi connectivity index (χ2n) is 8.67. The highest BCUT2D eigenvalue weighted by molar-refractivity contribution is 5.73. The molecule has 0 saturated heterocycles. The number of aryl methyl sites for hydroxylation is 2. The van der Waals surface area contributed by atoms with Crippen molar-refractivity contribution in [3.05, 3.63) is 24.4 Å². The average Bonchev–Trinajstić information content (AvgIpc) is 3.01. The maximum atomic E-state index is 4.94. The van der Waals surface area contributed by atoms with Gasteiger partial charge in [0.1, 0.15) is 5.65 Å². The van der Waals surface area contributed by atoms with Crippen LogP contribution in [0.4, 0.5) is 0 Å². The molecule has 0 aromatic carbocycles. The zero-order chi connectivity index (χ0) is 17.8. The van der Waals surface area contributed by atoms with Gasteiger partial charge in [0, 0.05) is 25.9 Å². The topological polar surface area (TPSA) is 52.9 Å². The molecule has 6 heteroatoms. The molecule has 1 saturated carbocycles. The zero-order valence-electron chi connectivity index (χ0n) is 15.9. The Morgan fingerprint density at radius 3 is 2.68 bits per heavy atom. The second kappa shape index (κ2) is 5.71. The summed E-state index contributed by atoms with van der Waals surface area (Å²) in [5.41, 5.74) is 2.42. The fourth-order valence-corrected chi connectivity index (χ4v) is 3.41. The number of rotatable bonds is 5. The lowest BCUT2D eigenvalue weighted by Gasteiger charge is -2.16. The lowest BCUT2D eigenvalue weighted by Crippen LogP contribution is -2.11. The monoisotopic (exact) mass is 340 g/mol. The Balaban J connectivity index is 1.76. The number of nitrogens with zero attached hydrogens (tertiary/aromatic N) is 6. The van der Waals surface area contributed by atoms with Crippen molar-refractivity contribution in [3.63, 3.8) is 0 Å². The fourth-order valence-electron chi connectivity index (χ4n) is 3.41. The van der Waals surface area contributed by atoms with E-state index in [1.807, 2.05) is 30.2 Å². The predicted molar refractivity (Wildman–Crippen MR) is 98.4 cm³/mol. The van der Waals surface area contributed by atoms with Crippen LogP contribution in [-0.4, -0.2) is 28.9 Å². The zero-order valence-corrected chi connectivity index (χ0v) is 15.9. The van der Waals surface area contributed by atoms with E-state index in [-0.39, 0.29) is 5.41 Å². The summed E-state index contributed by atoms with van der Waals surface area (Å²) in [5, 5.41) is 9.40. The van der Waals surface area contributed by atoms with E-state index < -0.39 is 0 Å². The van der Waals surface area contributed by atoms with Gasteiger partial charge in [0.25, 0.3) is 0 Å². The Kier molecular flexibility index (Phi) is 3.74. The molecule has 0 bridgehead atoms. The molecule has 1 aliphatic rings. The van der Waals surface area contributed by atoms with Crippen LogP contribution in [0.3, 0.4) is 0 Å². The SMILES string of the molecule is CC(C1CC1)n1nc(CCC(C)(C)C)nc1-c1cnn2ccn(C)c12. The van der Waals surface area contributed by atoms with Crippen LogP contribution in [-0.2, 0) is 13.5 Å².